The summed E-state index contributed by atoms with van der Waals surface area (Å²) >= 11 is 9.39. The van der Waals surface area contributed by atoms with Crippen molar-refractivity contribution in [2.45, 2.75) is 6.92 Å². The van der Waals surface area contributed by atoms with Gasteiger partial charge in [-0.3, -0.25) is 0 Å². The topological polar surface area (TPSA) is 38.0 Å². The Morgan fingerprint density at radius 3 is 2.41 bits per heavy atom. The summed E-state index contributed by atoms with van der Waals surface area (Å²) in [4.78, 5) is 0. The molecule has 0 spiro atoms. The summed E-state index contributed by atoms with van der Waals surface area (Å²) in [6.07, 6.45) is 0. The molecule has 17 heavy (non-hydrogen) atoms. The van der Waals surface area contributed by atoms with Gasteiger partial charge in [0.05, 0.1) is 5.02 Å². The van der Waals surface area contributed by atoms with Crippen molar-refractivity contribution in [2.75, 3.05) is 11.1 Å². The summed E-state index contributed by atoms with van der Waals surface area (Å²) < 4.78 is 0.887. The minimum absolute atomic E-state index is 0.683. The average Bonchev–Trinajstić information content (AvgIpc) is 2.29. The van der Waals surface area contributed by atoms with Crippen LogP contribution in [-0.4, -0.2) is 0 Å². The van der Waals surface area contributed by atoms with Crippen LogP contribution in [0.4, 0.5) is 17.1 Å². The van der Waals surface area contributed by atoms with Crippen molar-refractivity contribution in [3.63, 3.8) is 0 Å². The average molecular weight is 312 g/mol. The minimum Gasteiger partial charge on any atom is -0.399 e. The molecule has 0 aromatic heterocycles. The molecule has 0 heterocycles. The van der Waals surface area contributed by atoms with Crippen LogP contribution in [0.15, 0.2) is 40.9 Å². The third-order valence-corrected chi connectivity index (χ3v) is 3.71. The van der Waals surface area contributed by atoms with Gasteiger partial charge in [-0.2, -0.15) is 0 Å². The third-order valence-electron chi connectivity index (χ3n) is 2.48. The number of nitrogens with two attached hydrogens (primary N) is 1. The molecule has 2 aromatic carbocycles. The van der Waals surface area contributed by atoms with E-state index in [0.717, 1.165) is 27.1 Å². The van der Waals surface area contributed by atoms with Crippen molar-refractivity contribution in [1.29, 1.82) is 0 Å². The molecule has 4 heteroatoms. The summed E-state index contributed by atoms with van der Waals surface area (Å²) in [5.41, 5.74) is 9.56. The van der Waals surface area contributed by atoms with Gasteiger partial charge < -0.3 is 11.1 Å². The lowest BCUT2D eigenvalue weighted by atomic mass is 10.2. The fourth-order valence-electron chi connectivity index (χ4n) is 1.49. The molecule has 2 aromatic rings. The second-order valence-electron chi connectivity index (χ2n) is 3.83. The monoisotopic (exact) mass is 310 g/mol. The first-order valence-corrected chi connectivity index (χ1v) is 6.31. The number of nitrogen functional groups attached to an aromatic ring is 1. The predicted molar refractivity (Wildman–Crippen MR) is 78.0 cm³/mol. The van der Waals surface area contributed by atoms with E-state index in [1.54, 1.807) is 0 Å². The largest absolute Gasteiger partial charge is 0.399 e. The van der Waals surface area contributed by atoms with Crippen LogP contribution in [0.5, 0.6) is 0 Å². The molecule has 0 saturated heterocycles. The van der Waals surface area contributed by atoms with E-state index in [2.05, 4.69) is 21.2 Å². The molecule has 0 aliphatic heterocycles. The minimum atomic E-state index is 0.683. The molecule has 0 aliphatic carbocycles. The Morgan fingerprint density at radius 2 is 1.76 bits per heavy atom. The summed E-state index contributed by atoms with van der Waals surface area (Å²) in [6, 6.07) is 11.6. The van der Waals surface area contributed by atoms with E-state index in [0.29, 0.717) is 5.02 Å². The first kappa shape index (κ1) is 12.3. The number of halogens is 2. The number of hydrogen-bond acceptors (Lipinski definition) is 2. The molecule has 0 unspecified atom stereocenters. The second-order valence-corrected chi connectivity index (χ2v) is 5.09. The van der Waals surface area contributed by atoms with Gasteiger partial charge in [0, 0.05) is 21.5 Å². The Labute approximate surface area is 114 Å². The van der Waals surface area contributed by atoms with Crippen LogP contribution in [0.2, 0.25) is 5.02 Å². The molecule has 2 nitrogen and oxygen atoms in total. The van der Waals surface area contributed by atoms with E-state index in [4.69, 9.17) is 17.3 Å². The highest BCUT2D eigenvalue weighted by atomic mass is 79.9. The lowest BCUT2D eigenvalue weighted by Gasteiger charge is -2.09. The number of benzene rings is 2. The molecule has 0 aliphatic rings. The molecule has 0 amide bonds. The molecule has 0 atom stereocenters. The van der Waals surface area contributed by atoms with Gasteiger partial charge >= 0.3 is 0 Å². The van der Waals surface area contributed by atoms with E-state index in [1.165, 1.54) is 0 Å². The first-order valence-electron chi connectivity index (χ1n) is 5.14. The SMILES string of the molecule is Cc1cc(Nc2ccc(Br)c(Cl)c2)ccc1N. The Hall–Kier alpha value is -1.19. The van der Waals surface area contributed by atoms with Gasteiger partial charge in [0.15, 0.2) is 0 Å². The maximum absolute atomic E-state index is 6.03. The Morgan fingerprint density at radius 1 is 1.12 bits per heavy atom. The van der Waals surface area contributed by atoms with E-state index < -0.39 is 0 Å². The van der Waals surface area contributed by atoms with Gasteiger partial charge in [-0.25, -0.2) is 0 Å². The van der Waals surface area contributed by atoms with Crippen LogP contribution in [0.1, 0.15) is 5.56 Å². The second kappa shape index (κ2) is 4.98. The van der Waals surface area contributed by atoms with E-state index in [9.17, 15) is 0 Å². The first-order chi connectivity index (χ1) is 8.06. The lowest BCUT2D eigenvalue weighted by Crippen LogP contribution is -1.94. The van der Waals surface area contributed by atoms with Crippen LogP contribution in [0.25, 0.3) is 0 Å². The van der Waals surface area contributed by atoms with Crippen molar-refractivity contribution in [3.8, 4) is 0 Å². The maximum Gasteiger partial charge on any atom is 0.0568 e. The number of aryl methyl sites for hydroxylation is 1. The van der Waals surface area contributed by atoms with Gasteiger partial charge in [-0.05, 0) is 64.8 Å². The van der Waals surface area contributed by atoms with Gasteiger partial charge in [0.2, 0.25) is 0 Å². The van der Waals surface area contributed by atoms with Crippen LogP contribution in [0.3, 0.4) is 0 Å². The Kier molecular flexibility index (Phi) is 3.60. The molecule has 2 rings (SSSR count). The summed E-state index contributed by atoms with van der Waals surface area (Å²) in [6.45, 7) is 1.98. The van der Waals surface area contributed by atoms with E-state index in [1.807, 2.05) is 43.3 Å². The summed E-state index contributed by atoms with van der Waals surface area (Å²) in [5.74, 6) is 0. The molecule has 3 N–H and O–H groups in total. The van der Waals surface area contributed by atoms with Gasteiger partial charge in [0.25, 0.3) is 0 Å². The summed E-state index contributed by atoms with van der Waals surface area (Å²) in [7, 11) is 0. The zero-order chi connectivity index (χ0) is 12.4. The van der Waals surface area contributed by atoms with Gasteiger partial charge in [0.1, 0.15) is 0 Å². The zero-order valence-electron chi connectivity index (χ0n) is 9.30. The molecule has 0 saturated carbocycles. The molecule has 0 fully saturated rings. The molecule has 0 bridgehead atoms. The standard InChI is InChI=1S/C13H12BrClN2/c1-8-6-9(3-5-13(8)16)17-10-2-4-11(14)12(15)7-10/h2-7,17H,16H2,1H3. The van der Waals surface area contributed by atoms with E-state index >= 15 is 0 Å². The van der Waals surface area contributed by atoms with E-state index in [-0.39, 0.29) is 0 Å². The molecule has 88 valence electrons. The molecular weight excluding hydrogens is 300 g/mol. The Balaban J connectivity index is 2.25. The van der Waals surface area contributed by atoms with Crippen molar-refractivity contribution in [2.24, 2.45) is 0 Å². The molecule has 0 radical (unpaired) electrons. The highest BCUT2D eigenvalue weighted by Crippen LogP contribution is 2.28. The highest BCUT2D eigenvalue weighted by molar-refractivity contribution is 9.10. The fourth-order valence-corrected chi connectivity index (χ4v) is 1.92. The molecular formula is C13H12BrClN2. The Bertz CT molecular complexity index is 506. The van der Waals surface area contributed by atoms with Crippen LogP contribution in [0, 0.1) is 6.92 Å². The number of anilines is 3. The zero-order valence-corrected chi connectivity index (χ0v) is 11.6. The van der Waals surface area contributed by atoms with Crippen LogP contribution >= 0.6 is 27.5 Å². The number of rotatable bonds is 2. The normalized spacial score (nSPS) is 10.3. The van der Waals surface area contributed by atoms with Crippen LogP contribution < -0.4 is 11.1 Å². The number of nitrogens with one attached hydrogen (secondary N) is 1. The predicted octanol–water partition coefficient (Wildman–Crippen LogP) is 4.74. The van der Waals surface area contributed by atoms with Crippen molar-refractivity contribution in [3.05, 3.63) is 51.5 Å². The maximum atomic E-state index is 6.03. The summed E-state index contributed by atoms with van der Waals surface area (Å²) in [5, 5.41) is 3.96. The lowest BCUT2D eigenvalue weighted by molar-refractivity contribution is 1.45. The fraction of sp³-hybridized carbons (Fsp3) is 0.0769. The third kappa shape index (κ3) is 2.93. The smallest absolute Gasteiger partial charge is 0.0568 e. The van der Waals surface area contributed by atoms with Crippen molar-refractivity contribution < 1.29 is 0 Å². The quantitative estimate of drug-likeness (QED) is 0.786. The van der Waals surface area contributed by atoms with Crippen molar-refractivity contribution in [1.82, 2.24) is 0 Å². The van der Waals surface area contributed by atoms with Crippen molar-refractivity contribution >= 4 is 44.6 Å². The highest BCUT2D eigenvalue weighted by Gasteiger charge is 2.01. The van der Waals surface area contributed by atoms with Gasteiger partial charge in [-0.15, -0.1) is 0 Å². The van der Waals surface area contributed by atoms with Gasteiger partial charge in [-0.1, -0.05) is 11.6 Å². The number of hydrogen-bond donors (Lipinski definition) is 2. The van der Waals surface area contributed by atoms with Crippen LogP contribution in [-0.2, 0) is 0 Å².